The summed E-state index contributed by atoms with van der Waals surface area (Å²) in [6.45, 7) is 0. The highest BCUT2D eigenvalue weighted by atomic mass is 16.3. The van der Waals surface area contributed by atoms with E-state index in [9.17, 15) is 0 Å². The van der Waals surface area contributed by atoms with Gasteiger partial charge in [0.1, 0.15) is 11.2 Å². The first-order valence-electron chi connectivity index (χ1n) is 22.2. The van der Waals surface area contributed by atoms with Crippen LogP contribution in [0.15, 0.2) is 247 Å². The first-order chi connectivity index (χ1) is 32.2. The molecule has 0 amide bonds. The molecule has 2 heterocycles. The Balaban J connectivity index is 1.01. The Morgan fingerprint density at radius 3 is 1.75 bits per heavy atom. The van der Waals surface area contributed by atoms with Gasteiger partial charge in [0.25, 0.3) is 0 Å². The predicted molar refractivity (Wildman–Crippen MR) is 274 cm³/mol. The van der Waals surface area contributed by atoms with Crippen LogP contribution in [0, 0.1) is 0 Å². The summed E-state index contributed by atoms with van der Waals surface area (Å²) in [4.78, 5) is 2.45. The van der Waals surface area contributed by atoms with Crippen LogP contribution in [0.4, 0.5) is 17.1 Å². The van der Waals surface area contributed by atoms with Crippen LogP contribution in [0.5, 0.6) is 0 Å². The van der Waals surface area contributed by atoms with E-state index in [2.05, 4.69) is 252 Å². The first kappa shape index (κ1) is 36.9. The SMILES string of the molecule is c1ccc(-c2ccc(-c3ccc(N(c4ccc(-c5ccc6c7ccccc7n(-c7ccccc7)c6c5)cc4)c4cccc5ccc6ccccc6c45)c4c3oc3ccccc34)cc2)cc1. The zero-order valence-corrected chi connectivity index (χ0v) is 35.4. The molecule has 0 unspecified atom stereocenters. The van der Waals surface area contributed by atoms with Gasteiger partial charge in [-0.25, -0.2) is 0 Å². The largest absolute Gasteiger partial charge is 0.455 e. The van der Waals surface area contributed by atoms with Crippen molar-refractivity contribution in [3.8, 4) is 39.1 Å². The topological polar surface area (TPSA) is 21.3 Å². The normalized spacial score (nSPS) is 11.7. The second-order valence-electron chi connectivity index (χ2n) is 16.8. The molecule has 3 heteroatoms. The number of para-hydroxylation sites is 3. The Kier molecular flexibility index (Phi) is 8.53. The number of hydrogen-bond acceptors (Lipinski definition) is 2. The Bertz CT molecular complexity index is 3920. The number of nitrogens with zero attached hydrogens (tertiary/aromatic N) is 2. The van der Waals surface area contributed by atoms with Crippen molar-refractivity contribution in [1.82, 2.24) is 4.57 Å². The van der Waals surface area contributed by atoms with Gasteiger partial charge in [0.15, 0.2) is 0 Å². The van der Waals surface area contributed by atoms with Crippen molar-refractivity contribution in [2.75, 3.05) is 4.90 Å². The quantitative estimate of drug-likeness (QED) is 0.149. The third-order valence-corrected chi connectivity index (χ3v) is 13.2. The smallest absolute Gasteiger partial charge is 0.145 e. The van der Waals surface area contributed by atoms with Crippen molar-refractivity contribution in [1.29, 1.82) is 0 Å². The third kappa shape index (κ3) is 6.05. The average Bonchev–Trinajstić information content (AvgIpc) is 3.94. The standard InChI is InChI=1S/C62H40N2O/c1-3-14-41(15-4-1)42-26-28-45(29-27-42)51-38-39-57(61-54-22-10-12-25-59(54)65-62(51)61)64(56-24-13-17-46-31-30-44-16-7-8-20-50(44)60(46)56)49-35-32-43(33-36-49)47-34-37-53-52-21-9-11-23-55(52)63(58(53)40-47)48-18-5-2-6-19-48/h1-40H. The minimum absolute atomic E-state index is 0.860. The predicted octanol–water partition coefficient (Wildman–Crippen LogP) is 17.5. The second-order valence-corrected chi connectivity index (χ2v) is 16.8. The summed E-state index contributed by atoms with van der Waals surface area (Å²) in [7, 11) is 0. The molecular weight excluding hydrogens is 789 g/mol. The minimum atomic E-state index is 0.860. The number of furan rings is 1. The molecule has 65 heavy (non-hydrogen) atoms. The number of fused-ring (bicyclic) bond motifs is 9. The van der Waals surface area contributed by atoms with Gasteiger partial charge in [-0.3, -0.25) is 0 Å². The first-order valence-corrected chi connectivity index (χ1v) is 22.2. The van der Waals surface area contributed by atoms with Crippen LogP contribution in [-0.2, 0) is 0 Å². The zero-order valence-electron chi connectivity index (χ0n) is 35.4. The molecule has 13 aromatic rings. The highest BCUT2D eigenvalue weighted by Crippen LogP contribution is 2.49. The van der Waals surface area contributed by atoms with Gasteiger partial charge in [0, 0.05) is 38.5 Å². The van der Waals surface area contributed by atoms with Gasteiger partial charge in [-0.05, 0) is 105 Å². The Hall–Kier alpha value is -8.66. The summed E-state index contributed by atoms with van der Waals surface area (Å²) in [5, 5.41) is 9.46. The average molecular weight is 829 g/mol. The molecule has 13 rings (SSSR count). The molecule has 0 saturated heterocycles. The molecule has 0 saturated carbocycles. The van der Waals surface area contributed by atoms with Gasteiger partial charge in [0.2, 0.25) is 0 Å². The lowest BCUT2D eigenvalue weighted by Crippen LogP contribution is -2.11. The van der Waals surface area contributed by atoms with Crippen molar-refractivity contribution in [3.63, 3.8) is 0 Å². The van der Waals surface area contributed by atoms with Crippen molar-refractivity contribution < 1.29 is 4.42 Å². The molecular formula is C62H40N2O. The fourth-order valence-electron chi connectivity index (χ4n) is 10.1. The summed E-state index contributed by atoms with van der Waals surface area (Å²) >= 11 is 0. The van der Waals surface area contributed by atoms with Gasteiger partial charge in [-0.15, -0.1) is 0 Å². The lowest BCUT2D eigenvalue weighted by atomic mass is 9.96. The van der Waals surface area contributed by atoms with Crippen molar-refractivity contribution in [2.45, 2.75) is 0 Å². The van der Waals surface area contributed by atoms with Crippen LogP contribution in [0.1, 0.15) is 0 Å². The van der Waals surface area contributed by atoms with Gasteiger partial charge in [0.05, 0.1) is 27.8 Å². The molecule has 0 aliphatic carbocycles. The van der Waals surface area contributed by atoms with E-state index in [0.29, 0.717) is 0 Å². The summed E-state index contributed by atoms with van der Waals surface area (Å²) in [6, 6.07) is 87.6. The highest BCUT2D eigenvalue weighted by molar-refractivity contribution is 6.20. The van der Waals surface area contributed by atoms with E-state index in [-0.39, 0.29) is 0 Å². The van der Waals surface area contributed by atoms with E-state index in [4.69, 9.17) is 4.42 Å². The Labute approximate surface area is 376 Å². The van der Waals surface area contributed by atoms with Crippen LogP contribution in [-0.4, -0.2) is 4.57 Å². The maximum atomic E-state index is 6.92. The molecule has 0 aliphatic rings. The van der Waals surface area contributed by atoms with Crippen LogP contribution in [0.25, 0.3) is 104 Å². The fourth-order valence-corrected chi connectivity index (χ4v) is 10.1. The van der Waals surface area contributed by atoms with E-state index in [1.165, 1.54) is 54.5 Å². The number of benzene rings is 11. The maximum absolute atomic E-state index is 6.92. The van der Waals surface area contributed by atoms with E-state index >= 15 is 0 Å². The van der Waals surface area contributed by atoms with Crippen LogP contribution < -0.4 is 4.90 Å². The molecule has 0 fully saturated rings. The summed E-state index contributed by atoms with van der Waals surface area (Å²) in [5.41, 5.74) is 15.3. The van der Waals surface area contributed by atoms with Gasteiger partial charge < -0.3 is 13.9 Å². The van der Waals surface area contributed by atoms with E-state index in [1.807, 2.05) is 0 Å². The third-order valence-electron chi connectivity index (χ3n) is 13.2. The molecule has 0 atom stereocenters. The second kappa shape index (κ2) is 15.0. The zero-order chi connectivity index (χ0) is 42.8. The summed E-state index contributed by atoms with van der Waals surface area (Å²) in [6.07, 6.45) is 0. The molecule has 304 valence electrons. The van der Waals surface area contributed by atoms with Crippen LogP contribution >= 0.6 is 0 Å². The van der Waals surface area contributed by atoms with Crippen molar-refractivity contribution >= 4 is 82.4 Å². The number of anilines is 3. The molecule has 0 aliphatic heterocycles. The number of aromatic nitrogens is 1. The molecule has 0 N–H and O–H groups in total. The molecule has 0 radical (unpaired) electrons. The van der Waals surface area contributed by atoms with E-state index < -0.39 is 0 Å². The summed E-state index contributed by atoms with van der Waals surface area (Å²) < 4.78 is 9.31. The Morgan fingerprint density at radius 1 is 0.338 bits per heavy atom. The van der Waals surface area contributed by atoms with Crippen LogP contribution in [0.3, 0.4) is 0 Å². The lowest BCUT2D eigenvalue weighted by molar-refractivity contribution is 0.670. The van der Waals surface area contributed by atoms with Crippen molar-refractivity contribution in [2.24, 2.45) is 0 Å². The van der Waals surface area contributed by atoms with E-state index in [0.717, 1.165) is 66.9 Å². The fraction of sp³-hybridized carbons (Fsp3) is 0. The molecule has 0 bridgehead atoms. The maximum Gasteiger partial charge on any atom is 0.145 e. The molecule has 11 aromatic carbocycles. The number of rotatable bonds is 7. The Morgan fingerprint density at radius 2 is 0.923 bits per heavy atom. The van der Waals surface area contributed by atoms with E-state index in [1.54, 1.807) is 0 Å². The van der Waals surface area contributed by atoms with Crippen molar-refractivity contribution in [3.05, 3.63) is 243 Å². The number of hydrogen-bond donors (Lipinski definition) is 0. The molecule has 3 nitrogen and oxygen atoms in total. The van der Waals surface area contributed by atoms with Gasteiger partial charge in [-0.1, -0.05) is 182 Å². The molecule has 2 aromatic heterocycles. The van der Waals surface area contributed by atoms with Crippen LogP contribution in [0.2, 0.25) is 0 Å². The minimum Gasteiger partial charge on any atom is -0.455 e. The molecule has 0 spiro atoms. The van der Waals surface area contributed by atoms with Gasteiger partial charge >= 0.3 is 0 Å². The lowest BCUT2D eigenvalue weighted by Gasteiger charge is -2.28. The highest BCUT2D eigenvalue weighted by Gasteiger charge is 2.24. The monoisotopic (exact) mass is 828 g/mol. The van der Waals surface area contributed by atoms with Gasteiger partial charge in [-0.2, -0.15) is 0 Å². The summed E-state index contributed by atoms with van der Waals surface area (Å²) in [5.74, 6) is 0.